The van der Waals surface area contributed by atoms with Crippen LogP contribution in [0.5, 0.6) is 5.75 Å². The van der Waals surface area contributed by atoms with Crippen LogP contribution in [-0.2, 0) is 19.7 Å². The quantitative estimate of drug-likeness (QED) is 0.248. The highest BCUT2D eigenvalue weighted by Crippen LogP contribution is 2.35. The molecule has 0 N–H and O–H groups in total. The second-order valence-corrected chi connectivity index (χ2v) is 12.5. The molecular weight excluding hydrogens is 547 g/mol. The van der Waals surface area contributed by atoms with Gasteiger partial charge < -0.3 is 9.15 Å². The van der Waals surface area contributed by atoms with Crippen LogP contribution in [-0.4, -0.2) is 39.7 Å². The van der Waals surface area contributed by atoms with Gasteiger partial charge in [0.1, 0.15) is 10.6 Å². The van der Waals surface area contributed by atoms with Crippen molar-refractivity contribution in [3.63, 3.8) is 0 Å². The van der Waals surface area contributed by atoms with Gasteiger partial charge in [0, 0.05) is 17.0 Å². The van der Waals surface area contributed by atoms with E-state index in [1.165, 1.54) is 12.1 Å². The Morgan fingerprint density at radius 1 is 0.974 bits per heavy atom. The second-order valence-electron chi connectivity index (χ2n) is 8.48. The lowest BCUT2D eigenvalue weighted by Gasteiger charge is -2.11. The molecular formula is C25H26F3NO7S2. The molecule has 0 aliphatic heterocycles. The van der Waals surface area contributed by atoms with E-state index in [0.717, 1.165) is 49.8 Å². The highest BCUT2D eigenvalue weighted by Gasteiger charge is 2.48. The van der Waals surface area contributed by atoms with Gasteiger partial charge in [0.05, 0.1) is 24.1 Å². The molecule has 1 aromatic carbocycles. The number of benzene rings is 1. The Kier molecular flexibility index (Phi) is 9.36. The predicted molar refractivity (Wildman–Crippen MR) is 136 cm³/mol. The van der Waals surface area contributed by atoms with Crippen molar-refractivity contribution in [1.82, 2.24) is 4.98 Å². The van der Waals surface area contributed by atoms with Crippen LogP contribution in [0.25, 0.3) is 22.1 Å². The minimum Gasteiger partial charge on any atom is -0.494 e. The van der Waals surface area contributed by atoms with Crippen molar-refractivity contribution in [2.75, 3.05) is 12.4 Å². The molecule has 3 rings (SSSR count). The fourth-order valence-corrected chi connectivity index (χ4v) is 5.37. The Bertz CT molecular complexity index is 1560. The molecule has 0 amide bonds. The zero-order valence-electron chi connectivity index (χ0n) is 20.2. The molecule has 8 nitrogen and oxygen atoms in total. The standard InChI is InChI=1S/C25H26F3NO7S2/c1-2-37(31,32)13-8-6-4-3-5-7-12-35-19-11-9-10-18(14-19)20-15-21-22(36-24(20)30)16-29-17-23(21)38(33,34)25(26,27)28/h2,9-11,14-17H,1,3-8,12-13H2. The number of hydrogen-bond acceptors (Lipinski definition) is 8. The third-order valence-electron chi connectivity index (χ3n) is 5.71. The monoisotopic (exact) mass is 573 g/mol. The number of pyridine rings is 1. The van der Waals surface area contributed by atoms with E-state index in [1.807, 2.05) is 0 Å². The fraction of sp³-hybridized carbons (Fsp3) is 0.360. The maximum Gasteiger partial charge on any atom is 0.501 e. The van der Waals surface area contributed by atoms with E-state index in [1.54, 1.807) is 12.1 Å². The molecule has 206 valence electrons. The SMILES string of the molecule is C=CS(=O)(=O)CCCCCCCCOc1cccc(-c2cc3c(S(=O)(=O)C(F)(F)F)cncc3oc2=O)c1. The van der Waals surface area contributed by atoms with Crippen LogP contribution < -0.4 is 10.4 Å². The molecule has 0 bridgehead atoms. The molecule has 0 unspecified atom stereocenters. The summed E-state index contributed by atoms with van der Waals surface area (Å²) >= 11 is 0. The lowest BCUT2D eigenvalue weighted by molar-refractivity contribution is -0.0435. The fourth-order valence-electron chi connectivity index (χ4n) is 3.69. The van der Waals surface area contributed by atoms with Crippen molar-refractivity contribution >= 4 is 30.6 Å². The number of unbranched alkanes of at least 4 members (excludes halogenated alkanes) is 5. The van der Waals surface area contributed by atoms with E-state index < -0.39 is 41.1 Å². The molecule has 0 saturated heterocycles. The molecule has 2 aromatic heterocycles. The number of fused-ring (bicyclic) bond motifs is 1. The zero-order chi connectivity index (χ0) is 28.0. The van der Waals surface area contributed by atoms with Crippen molar-refractivity contribution in [3.05, 3.63) is 65.1 Å². The van der Waals surface area contributed by atoms with Gasteiger partial charge in [-0.15, -0.1) is 0 Å². The Balaban J connectivity index is 1.66. The van der Waals surface area contributed by atoms with Gasteiger partial charge in [0.15, 0.2) is 15.4 Å². The second kappa shape index (κ2) is 12.1. The summed E-state index contributed by atoms with van der Waals surface area (Å²) < 4.78 is 97.1. The maximum absolute atomic E-state index is 13.2. The van der Waals surface area contributed by atoms with Crippen molar-refractivity contribution < 1.29 is 39.2 Å². The van der Waals surface area contributed by atoms with Crippen LogP contribution in [0.15, 0.2) is 68.8 Å². The van der Waals surface area contributed by atoms with E-state index in [0.29, 0.717) is 25.0 Å². The van der Waals surface area contributed by atoms with Gasteiger partial charge in [-0.25, -0.2) is 21.6 Å². The van der Waals surface area contributed by atoms with Crippen molar-refractivity contribution in [3.8, 4) is 16.9 Å². The van der Waals surface area contributed by atoms with Gasteiger partial charge in [-0.3, -0.25) is 4.98 Å². The van der Waals surface area contributed by atoms with E-state index in [4.69, 9.17) is 9.15 Å². The van der Waals surface area contributed by atoms with Gasteiger partial charge in [0.25, 0.3) is 9.84 Å². The van der Waals surface area contributed by atoms with Crippen LogP contribution >= 0.6 is 0 Å². The number of aromatic nitrogens is 1. The number of sulfone groups is 2. The lowest BCUT2D eigenvalue weighted by Crippen LogP contribution is -2.23. The first kappa shape index (κ1) is 29.4. The number of nitrogens with zero attached hydrogens (tertiary/aromatic N) is 1. The zero-order valence-corrected chi connectivity index (χ0v) is 21.9. The average molecular weight is 574 g/mol. The predicted octanol–water partition coefficient (Wildman–Crippen LogP) is 5.43. The van der Waals surface area contributed by atoms with Crippen LogP contribution in [0, 0.1) is 0 Å². The highest BCUT2D eigenvalue weighted by atomic mass is 32.2. The molecule has 0 fully saturated rings. The number of alkyl halides is 3. The van der Waals surface area contributed by atoms with Crippen LogP contribution in [0.4, 0.5) is 13.2 Å². The summed E-state index contributed by atoms with van der Waals surface area (Å²) in [6, 6.07) is 7.32. The van der Waals surface area contributed by atoms with Gasteiger partial charge in [0.2, 0.25) is 0 Å². The van der Waals surface area contributed by atoms with Crippen molar-refractivity contribution in [2.45, 2.75) is 48.9 Å². The Hall–Kier alpha value is -3.19. The van der Waals surface area contributed by atoms with Gasteiger partial charge >= 0.3 is 11.1 Å². The van der Waals surface area contributed by atoms with E-state index in [9.17, 15) is 34.8 Å². The lowest BCUT2D eigenvalue weighted by atomic mass is 10.1. The topological polar surface area (TPSA) is 121 Å². The van der Waals surface area contributed by atoms with E-state index in [-0.39, 0.29) is 22.5 Å². The minimum absolute atomic E-state index is 0.0991. The van der Waals surface area contributed by atoms with Gasteiger partial charge in [-0.1, -0.05) is 44.4 Å². The van der Waals surface area contributed by atoms with Crippen LogP contribution in [0.3, 0.4) is 0 Å². The molecule has 0 spiro atoms. The maximum atomic E-state index is 13.2. The summed E-state index contributed by atoms with van der Waals surface area (Å²) in [5.74, 6) is 0.511. The Morgan fingerprint density at radius 2 is 1.66 bits per heavy atom. The van der Waals surface area contributed by atoms with Gasteiger partial charge in [-0.05, 0) is 36.6 Å². The average Bonchev–Trinajstić information content (AvgIpc) is 2.86. The third kappa shape index (κ3) is 7.22. The molecule has 0 atom stereocenters. The summed E-state index contributed by atoms with van der Waals surface area (Å²) in [5, 5.41) is 0.555. The Morgan fingerprint density at radius 3 is 2.34 bits per heavy atom. The van der Waals surface area contributed by atoms with Gasteiger partial charge in [-0.2, -0.15) is 13.2 Å². The summed E-state index contributed by atoms with van der Waals surface area (Å²) in [7, 11) is -8.90. The first-order valence-corrected chi connectivity index (χ1v) is 14.9. The Labute approximate surface area is 218 Å². The molecule has 0 saturated carbocycles. The smallest absolute Gasteiger partial charge is 0.494 e. The summed E-state index contributed by atoms with van der Waals surface area (Å²) in [5.41, 5.74) is -6.68. The number of halogens is 3. The molecule has 0 aliphatic carbocycles. The number of hydrogen-bond donors (Lipinski definition) is 0. The molecule has 3 aromatic rings. The minimum atomic E-state index is -5.74. The van der Waals surface area contributed by atoms with E-state index >= 15 is 0 Å². The van der Waals surface area contributed by atoms with Crippen molar-refractivity contribution in [2.24, 2.45) is 0 Å². The van der Waals surface area contributed by atoms with Crippen LogP contribution in [0.2, 0.25) is 0 Å². The molecule has 2 heterocycles. The van der Waals surface area contributed by atoms with Crippen molar-refractivity contribution in [1.29, 1.82) is 0 Å². The first-order chi connectivity index (χ1) is 17.9. The molecule has 13 heteroatoms. The molecule has 38 heavy (non-hydrogen) atoms. The number of ether oxygens (including phenoxy) is 1. The normalized spacial score (nSPS) is 12.5. The summed E-state index contributed by atoms with van der Waals surface area (Å²) in [4.78, 5) is 14.9. The number of rotatable bonds is 13. The largest absolute Gasteiger partial charge is 0.501 e. The third-order valence-corrected chi connectivity index (χ3v) is 8.59. The van der Waals surface area contributed by atoms with Crippen LogP contribution in [0.1, 0.15) is 38.5 Å². The van der Waals surface area contributed by atoms with E-state index in [2.05, 4.69) is 11.6 Å². The molecule has 0 radical (unpaired) electrons. The summed E-state index contributed by atoms with van der Waals surface area (Å²) in [6.07, 6.45) is 6.32. The highest BCUT2D eigenvalue weighted by molar-refractivity contribution is 7.94. The molecule has 0 aliphatic rings. The first-order valence-electron chi connectivity index (χ1n) is 11.7. The summed E-state index contributed by atoms with van der Waals surface area (Å²) in [6.45, 7) is 3.66.